The second-order valence-electron chi connectivity index (χ2n) is 3.64. The van der Waals surface area contributed by atoms with Crippen LogP contribution in [0.1, 0.15) is 0 Å². The van der Waals surface area contributed by atoms with Crippen molar-refractivity contribution >= 4 is 27.5 Å². The minimum absolute atomic E-state index is 0.107. The van der Waals surface area contributed by atoms with Gasteiger partial charge in [-0.3, -0.25) is 9.82 Å². The molecule has 1 aromatic heterocycles. The Labute approximate surface area is 116 Å². The number of rotatable bonds is 6. The molecule has 0 spiro atoms. The zero-order chi connectivity index (χ0) is 13.7. The number of hydrogen-bond acceptors (Lipinski definition) is 4. The summed E-state index contributed by atoms with van der Waals surface area (Å²) >= 11 is 1.52. The Bertz CT molecular complexity index is 651. The van der Waals surface area contributed by atoms with E-state index in [1.54, 1.807) is 18.2 Å². The predicted molar refractivity (Wildman–Crippen MR) is 76.8 cm³/mol. The van der Waals surface area contributed by atoms with Crippen molar-refractivity contribution in [2.24, 2.45) is 0 Å². The SMILES string of the molecule is C=CCSc1ccccc1NS(=O)(=O)c1cn[nH]c1. The molecular weight excluding hydrogens is 282 g/mol. The second kappa shape index (κ2) is 5.94. The number of nitrogens with one attached hydrogen (secondary N) is 2. The Balaban J connectivity index is 2.26. The third kappa shape index (κ3) is 3.39. The van der Waals surface area contributed by atoms with Crippen LogP contribution in [-0.4, -0.2) is 24.4 Å². The summed E-state index contributed by atoms with van der Waals surface area (Å²) in [4.78, 5) is 0.963. The Kier molecular flexibility index (Phi) is 4.28. The fraction of sp³-hybridized carbons (Fsp3) is 0.0833. The molecule has 0 atom stereocenters. The number of nitrogens with zero attached hydrogens (tertiary/aromatic N) is 1. The molecule has 19 heavy (non-hydrogen) atoms. The molecule has 2 N–H and O–H groups in total. The van der Waals surface area contributed by atoms with Crippen molar-refractivity contribution in [1.29, 1.82) is 0 Å². The maximum Gasteiger partial charge on any atom is 0.265 e. The van der Waals surface area contributed by atoms with E-state index in [0.29, 0.717) is 11.4 Å². The van der Waals surface area contributed by atoms with Crippen molar-refractivity contribution in [3.63, 3.8) is 0 Å². The molecule has 1 aromatic carbocycles. The number of hydrogen-bond donors (Lipinski definition) is 2. The molecule has 0 saturated carbocycles. The minimum Gasteiger partial charge on any atom is -0.284 e. The smallest absolute Gasteiger partial charge is 0.265 e. The van der Waals surface area contributed by atoms with Crippen molar-refractivity contribution < 1.29 is 8.42 Å². The highest BCUT2D eigenvalue weighted by Gasteiger charge is 2.16. The third-order valence-electron chi connectivity index (χ3n) is 2.27. The molecule has 0 aliphatic rings. The van der Waals surface area contributed by atoms with Gasteiger partial charge in [0.15, 0.2) is 0 Å². The number of benzene rings is 1. The minimum atomic E-state index is -3.60. The van der Waals surface area contributed by atoms with Crippen LogP contribution in [0.4, 0.5) is 5.69 Å². The molecule has 0 fully saturated rings. The van der Waals surface area contributed by atoms with E-state index in [1.807, 2.05) is 12.1 Å². The number of anilines is 1. The van der Waals surface area contributed by atoms with Gasteiger partial charge in [0.1, 0.15) is 4.90 Å². The quantitative estimate of drug-likeness (QED) is 0.634. The highest BCUT2D eigenvalue weighted by Crippen LogP contribution is 2.28. The molecule has 100 valence electrons. The molecule has 2 rings (SSSR count). The van der Waals surface area contributed by atoms with Gasteiger partial charge < -0.3 is 0 Å². The first-order valence-corrected chi connectivity index (χ1v) is 7.94. The molecule has 0 aliphatic heterocycles. The first-order chi connectivity index (χ1) is 9.13. The zero-order valence-electron chi connectivity index (χ0n) is 10.0. The van der Waals surface area contributed by atoms with E-state index in [4.69, 9.17) is 0 Å². The topological polar surface area (TPSA) is 74.8 Å². The van der Waals surface area contributed by atoms with Gasteiger partial charge in [-0.2, -0.15) is 5.10 Å². The summed E-state index contributed by atoms with van der Waals surface area (Å²) in [5, 5.41) is 6.12. The van der Waals surface area contributed by atoms with Crippen molar-refractivity contribution in [2.45, 2.75) is 9.79 Å². The lowest BCUT2D eigenvalue weighted by Gasteiger charge is -2.10. The van der Waals surface area contributed by atoms with Gasteiger partial charge in [0.2, 0.25) is 0 Å². The van der Waals surface area contributed by atoms with Crippen molar-refractivity contribution in [2.75, 3.05) is 10.5 Å². The highest BCUT2D eigenvalue weighted by atomic mass is 32.2. The van der Waals surface area contributed by atoms with Gasteiger partial charge in [-0.1, -0.05) is 18.2 Å². The summed E-state index contributed by atoms with van der Waals surface area (Å²) in [6.45, 7) is 3.65. The Hall–Kier alpha value is -1.73. The Morgan fingerprint density at radius 1 is 1.42 bits per heavy atom. The van der Waals surface area contributed by atoms with Gasteiger partial charge in [0.05, 0.1) is 11.9 Å². The van der Waals surface area contributed by atoms with Crippen LogP contribution < -0.4 is 4.72 Å². The molecule has 0 radical (unpaired) electrons. The van der Waals surface area contributed by atoms with Gasteiger partial charge in [-0.25, -0.2) is 8.42 Å². The molecule has 0 amide bonds. The summed E-state index contributed by atoms with van der Waals surface area (Å²) in [5.74, 6) is 0.713. The lowest BCUT2D eigenvalue weighted by molar-refractivity contribution is 0.601. The van der Waals surface area contributed by atoms with E-state index in [2.05, 4.69) is 21.5 Å². The maximum atomic E-state index is 12.1. The van der Waals surface area contributed by atoms with Crippen LogP contribution in [-0.2, 0) is 10.0 Å². The van der Waals surface area contributed by atoms with Crippen molar-refractivity contribution in [1.82, 2.24) is 10.2 Å². The number of thioether (sulfide) groups is 1. The molecule has 0 bridgehead atoms. The monoisotopic (exact) mass is 295 g/mol. The molecule has 1 heterocycles. The third-order valence-corrected chi connectivity index (χ3v) is 4.67. The van der Waals surface area contributed by atoms with Gasteiger partial charge in [-0.05, 0) is 12.1 Å². The van der Waals surface area contributed by atoms with Crippen LogP contribution in [0.25, 0.3) is 0 Å². The van der Waals surface area contributed by atoms with E-state index in [9.17, 15) is 8.42 Å². The molecule has 2 aromatic rings. The standard InChI is InChI=1S/C12H13N3O2S2/c1-2-7-18-12-6-4-3-5-11(12)15-19(16,17)10-8-13-14-9-10/h2-6,8-9,15H,1,7H2,(H,13,14). The Morgan fingerprint density at radius 3 is 2.89 bits per heavy atom. The van der Waals surface area contributed by atoms with E-state index in [0.717, 1.165) is 4.90 Å². The molecular formula is C12H13N3O2S2. The normalized spacial score (nSPS) is 11.2. The van der Waals surface area contributed by atoms with E-state index < -0.39 is 10.0 Å². The summed E-state index contributed by atoms with van der Waals surface area (Å²) in [5.41, 5.74) is 0.551. The second-order valence-corrected chi connectivity index (χ2v) is 6.38. The zero-order valence-corrected chi connectivity index (χ0v) is 11.7. The highest BCUT2D eigenvalue weighted by molar-refractivity contribution is 7.99. The van der Waals surface area contributed by atoms with Crippen LogP contribution in [0.2, 0.25) is 0 Å². The van der Waals surface area contributed by atoms with Crippen LogP contribution >= 0.6 is 11.8 Å². The largest absolute Gasteiger partial charge is 0.284 e. The van der Waals surface area contributed by atoms with Gasteiger partial charge in [-0.15, -0.1) is 18.3 Å². The molecule has 0 unspecified atom stereocenters. The average molecular weight is 295 g/mol. The van der Waals surface area contributed by atoms with Crippen molar-refractivity contribution in [3.05, 3.63) is 49.3 Å². The number of aromatic amines is 1. The number of H-pyrrole nitrogens is 1. The summed E-state index contributed by atoms with van der Waals surface area (Å²) in [7, 11) is -3.60. The average Bonchev–Trinajstić information content (AvgIpc) is 2.92. The lowest BCUT2D eigenvalue weighted by atomic mass is 10.3. The van der Waals surface area contributed by atoms with E-state index in [-0.39, 0.29) is 4.90 Å². The van der Waals surface area contributed by atoms with Crippen LogP contribution in [0, 0.1) is 0 Å². The lowest BCUT2D eigenvalue weighted by Crippen LogP contribution is -2.12. The number of sulfonamides is 1. The summed E-state index contributed by atoms with van der Waals surface area (Å²) < 4.78 is 26.7. The first-order valence-electron chi connectivity index (χ1n) is 5.48. The fourth-order valence-electron chi connectivity index (χ4n) is 1.42. The number of aromatic nitrogens is 2. The van der Waals surface area contributed by atoms with E-state index in [1.165, 1.54) is 24.2 Å². The molecule has 0 saturated heterocycles. The van der Waals surface area contributed by atoms with Crippen LogP contribution in [0.5, 0.6) is 0 Å². The van der Waals surface area contributed by atoms with Gasteiger partial charge in [0, 0.05) is 16.8 Å². The van der Waals surface area contributed by atoms with Crippen molar-refractivity contribution in [3.8, 4) is 0 Å². The molecule has 0 aliphatic carbocycles. The number of para-hydroxylation sites is 1. The van der Waals surface area contributed by atoms with Crippen LogP contribution in [0.3, 0.4) is 0 Å². The maximum absolute atomic E-state index is 12.1. The molecule has 7 heteroatoms. The van der Waals surface area contributed by atoms with Gasteiger partial charge in [0.25, 0.3) is 10.0 Å². The Morgan fingerprint density at radius 2 is 2.21 bits per heavy atom. The fourth-order valence-corrected chi connectivity index (χ4v) is 3.21. The van der Waals surface area contributed by atoms with Crippen LogP contribution in [0.15, 0.2) is 59.1 Å². The first kappa shape index (κ1) is 13.7. The summed E-state index contributed by atoms with van der Waals surface area (Å²) in [6, 6.07) is 7.23. The molecule has 5 nitrogen and oxygen atoms in total. The van der Waals surface area contributed by atoms with E-state index >= 15 is 0 Å². The van der Waals surface area contributed by atoms with Gasteiger partial charge >= 0.3 is 0 Å². The summed E-state index contributed by atoms with van der Waals surface area (Å²) in [6.07, 6.45) is 4.37. The predicted octanol–water partition coefficient (Wildman–Crippen LogP) is 2.49.